The molecule has 0 saturated heterocycles. The molecule has 0 radical (unpaired) electrons. The van der Waals surface area contributed by atoms with Gasteiger partial charge in [0, 0.05) is 28.2 Å². The van der Waals surface area contributed by atoms with E-state index in [4.69, 9.17) is 28.3 Å². The van der Waals surface area contributed by atoms with Crippen molar-refractivity contribution in [2.24, 2.45) is 0 Å². The van der Waals surface area contributed by atoms with E-state index in [9.17, 15) is 4.79 Å². The lowest BCUT2D eigenvalue weighted by Crippen LogP contribution is -2.44. The maximum absolute atomic E-state index is 10.8. The Morgan fingerprint density at radius 1 is 1.35 bits per heavy atom. The van der Waals surface area contributed by atoms with Gasteiger partial charge < -0.3 is 5.11 Å². The van der Waals surface area contributed by atoms with Gasteiger partial charge in [-0.3, -0.25) is 9.69 Å². The molecule has 0 aliphatic carbocycles. The summed E-state index contributed by atoms with van der Waals surface area (Å²) >= 11 is 12.3. The Morgan fingerprint density at radius 3 is 2.45 bits per heavy atom. The molecular weight excluding hydrogens is 297 g/mol. The number of carbonyl (C=O) groups is 1. The third kappa shape index (κ3) is 4.65. The highest BCUT2D eigenvalue weighted by atomic mass is 35.5. The van der Waals surface area contributed by atoms with Crippen LogP contribution in [0.3, 0.4) is 0 Å². The van der Waals surface area contributed by atoms with Gasteiger partial charge in [0.25, 0.3) is 0 Å². The first-order valence-corrected chi connectivity index (χ1v) is 7.32. The quantitative estimate of drug-likeness (QED) is 0.860. The molecular formula is C15H21Cl2NO2. The van der Waals surface area contributed by atoms with Crippen LogP contribution in [0.15, 0.2) is 18.2 Å². The minimum absolute atomic E-state index is 0.0134. The van der Waals surface area contributed by atoms with Crippen molar-refractivity contribution in [1.82, 2.24) is 4.90 Å². The number of hydrogen-bond acceptors (Lipinski definition) is 2. The highest BCUT2D eigenvalue weighted by Gasteiger charge is 2.28. The van der Waals surface area contributed by atoms with E-state index in [0.717, 1.165) is 5.56 Å². The zero-order chi connectivity index (χ0) is 15.5. The van der Waals surface area contributed by atoms with Gasteiger partial charge in [0.05, 0.1) is 6.42 Å². The van der Waals surface area contributed by atoms with Crippen LogP contribution in [-0.4, -0.2) is 28.1 Å². The number of aliphatic carboxylic acids is 1. The van der Waals surface area contributed by atoms with Crippen molar-refractivity contribution in [3.8, 4) is 0 Å². The molecule has 0 spiro atoms. The number of carboxylic acid groups (broad SMARTS) is 1. The predicted octanol–water partition coefficient (Wildman–Crippen LogP) is 4.63. The van der Waals surface area contributed by atoms with Gasteiger partial charge in [-0.15, -0.1) is 0 Å². The van der Waals surface area contributed by atoms with Crippen molar-refractivity contribution in [2.75, 3.05) is 6.54 Å². The van der Waals surface area contributed by atoms with Gasteiger partial charge in [0.2, 0.25) is 0 Å². The zero-order valence-corrected chi connectivity index (χ0v) is 13.8. The molecule has 1 unspecified atom stereocenters. The summed E-state index contributed by atoms with van der Waals surface area (Å²) in [5.41, 5.74) is 0.750. The Bertz CT molecular complexity index is 483. The normalized spacial score (nSPS) is 13.6. The van der Waals surface area contributed by atoms with E-state index in [0.29, 0.717) is 16.6 Å². The summed E-state index contributed by atoms with van der Waals surface area (Å²) in [6.07, 6.45) is 0.0970. The summed E-state index contributed by atoms with van der Waals surface area (Å²) in [4.78, 5) is 13.0. The Kier molecular flexibility index (Phi) is 5.87. The molecule has 0 amide bonds. The lowest BCUT2D eigenvalue weighted by molar-refractivity contribution is -0.137. The van der Waals surface area contributed by atoms with Gasteiger partial charge in [0.1, 0.15) is 0 Å². The number of carboxylic acids is 1. The van der Waals surface area contributed by atoms with Gasteiger partial charge in [-0.25, -0.2) is 0 Å². The summed E-state index contributed by atoms with van der Waals surface area (Å²) in [7, 11) is 0. The number of halogens is 2. The van der Waals surface area contributed by atoms with E-state index in [1.807, 2.05) is 13.0 Å². The Balaban J connectivity index is 3.06. The SMILES string of the molecule is CC(c1cc(Cl)ccc1Cl)N(CCC(=O)O)C(C)(C)C. The molecule has 0 fully saturated rings. The van der Waals surface area contributed by atoms with Crippen LogP contribution < -0.4 is 0 Å². The van der Waals surface area contributed by atoms with Crippen LogP contribution in [0.2, 0.25) is 10.0 Å². The van der Waals surface area contributed by atoms with Crippen LogP contribution in [0.4, 0.5) is 0 Å². The van der Waals surface area contributed by atoms with E-state index in [1.165, 1.54) is 0 Å². The van der Waals surface area contributed by atoms with E-state index < -0.39 is 5.97 Å². The van der Waals surface area contributed by atoms with E-state index in [-0.39, 0.29) is 18.0 Å². The third-order valence-electron chi connectivity index (χ3n) is 3.30. The summed E-state index contributed by atoms with van der Waals surface area (Å²) < 4.78 is 0. The largest absolute Gasteiger partial charge is 0.481 e. The molecule has 20 heavy (non-hydrogen) atoms. The van der Waals surface area contributed by atoms with Crippen LogP contribution in [0.25, 0.3) is 0 Å². The fraction of sp³-hybridized carbons (Fsp3) is 0.533. The summed E-state index contributed by atoms with van der Waals surface area (Å²) in [5, 5.41) is 10.2. The smallest absolute Gasteiger partial charge is 0.304 e. The first-order valence-electron chi connectivity index (χ1n) is 6.56. The fourth-order valence-electron chi connectivity index (χ4n) is 2.33. The maximum atomic E-state index is 10.8. The molecule has 1 aromatic carbocycles. The molecule has 0 aromatic heterocycles. The van der Waals surface area contributed by atoms with Crippen molar-refractivity contribution in [2.45, 2.75) is 45.7 Å². The Labute approximate surface area is 130 Å². The second-order valence-corrected chi connectivity index (χ2v) is 6.69. The molecule has 3 nitrogen and oxygen atoms in total. The predicted molar refractivity (Wildman–Crippen MR) is 83.6 cm³/mol. The van der Waals surface area contributed by atoms with Crippen molar-refractivity contribution in [1.29, 1.82) is 0 Å². The summed E-state index contributed by atoms with van der Waals surface area (Å²) in [5.74, 6) is -0.802. The Hall–Kier alpha value is -0.770. The number of hydrogen-bond donors (Lipinski definition) is 1. The standard InChI is InChI=1S/C15H21Cl2NO2/c1-10(12-9-11(16)5-6-13(12)17)18(15(2,3)4)8-7-14(19)20/h5-6,9-10H,7-8H2,1-4H3,(H,19,20). The summed E-state index contributed by atoms with van der Waals surface area (Å²) in [6.45, 7) is 8.66. The number of rotatable bonds is 5. The van der Waals surface area contributed by atoms with Crippen molar-refractivity contribution < 1.29 is 9.90 Å². The highest BCUT2D eigenvalue weighted by molar-refractivity contribution is 6.33. The molecule has 1 atom stereocenters. The van der Waals surface area contributed by atoms with Crippen molar-refractivity contribution >= 4 is 29.2 Å². The van der Waals surface area contributed by atoms with E-state index in [2.05, 4.69) is 25.7 Å². The van der Waals surface area contributed by atoms with Gasteiger partial charge in [-0.1, -0.05) is 23.2 Å². The van der Waals surface area contributed by atoms with Gasteiger partial charge in [-0.2, -0.15) is 0 Å². The topological polar surface area (TPSA) is 40.5 Å². The monoisotopic (exact) mass is 317 g/mol. The summed E-state index contributed by atoms with van der Waals surface area (Å²) in [6, 6.07) is 5.35. The van der Waals surface area contributed by atoms with E-state index in [1.54, 1.807) is 12.1 Å². The molecule has 112 valence electrons. The molecule has 1 rings (SSSR count). The molecule has 1 N–H and O–H groups in total. The lowest BCUT2D eigenvalue weighted by atomic mass is 9.98. The van der Waals surface area contributed by atoms with Crippen LogP contribution in [-0.2, 0) is 4.79 Å². The third-order valence-corrected chi connectivity index (χ3v) is 3.88. The first kappa shape index (κ1) is 17.3. The minimum Gasteiger partial charge on any atom is -0.481 e. The second kappa shape index (κ2) is 6.79. The van der Waals surface area contributed by atoms with Crippen molar-refractivity contribution in [3.63, 3.8) is 0 Å². The molecule has 0 aliphatic heterocycles. The second-order valence-electron chi connectivity index (χ2n) is 5.85. The van der Waals surface area contributed by atoms with Crippen LogP contribution in [0, 0.1) is 0 Å². The highest BCUT2D eigenvalue weighted by Crippen LogP contribution is 2.33. The molecule has 0 aliphatic rings. The molecule has 0 heterocycles. The van der Waals surface area contributed by atoms with E-state index >= 15 is 0 Å². The van der Waals surface area contributed by atoms with Gasteiger partial charge >= 0.3 is 5.97 Å². The minimum atomic E-state index is -0.802. The molecule has 0 bridgehead atoms. The molecule has 5 heteroatoms. The van der Waals surface area contributed by atoms with Crippen LogP contribution in [0.5, 0.6) is 0 Å². The zero-order valence-electron chi connectivity index (χ0n) is 12.3. The lowest BCUT2D eigenvalue weighted by Gasteiger charge is -2.40. The molecule has 1 aromatic rings. The number of benzene rings is 1. The van der Waals surface area contributed by atoms with Crippen LogP contribution >= 0.6 is 23.2 Å². The average molecular weight is 318 g/mol. The fourth-order valence-corrected chi connectivity index (χ4v) is 2.78. The number of nitrogens with zero attached hydrogens (tertiary/aromatic N) is 1. The van der Waals surface area contributed by atoms with Gasteiger partial charge in [-0.05, 0) is 51.5 Å². The first-order chi connectivity index (χ1) is 9.12. The van der Waals surface area contributed by atoms with Crippen molar-refractivity contribution in [3.05, 3.63) is 33.8 Å². The van der Waals surface area contributed by atoms with Gasteiger partial charge in [0.15, 0.2) is 0 Å². The average Bonchev–Trinajstić information content (AvgIpc) is 2.30. The Morgan fingerprint density at radius 2 is 1.95 bits per heavy atom. The molecule has 0 saturated carbocycles. The maximum Gasteiger partial charge on any atom is 0.304 e. The van der Waals surface area contributed by atoms with Crippen LogP contribution in [0.1, 0.15) is 45.7 Å².